The predicted octanol–water partition coefficient (Wildman–Crippen LogP) is 4.03. The van der Waals surface area contributed by atoms with E-state index in [0.717, 1.165) is 22.5 Å². The van der Waals surface area contributed by atoms with Gasteiger partial charge in [0.1, 0.15) is 24.3 Å². The number of hydrogen-bond acceptors (Lipinski definition) is 6. The lowest BCUT2D eigenvalue weighted by atomic mass is 10.1. The van der Waals surface area contributed by atoms with Crippen LogP contribution >= 0.6 is 23.4 Å². The molecule has 7 nitrogen and oxygen atoms in total. The summed E-state index contributed by atoms with van der Waals surface area (Å²) in [5.41, 5.74) is 3.86. The minimum atomic E-state index is -0.482. The van der Waals surface area contributed by atoms with E-state index >= 15 is 0 Å². The molecule has 31 heavy (non-hydrogen) atoms. The largest absolute Gasteiger partial charge is 0.495 e. The molecule has 2 heterocycles. The maximum Gasteiger partial charge on any atom is 0.244 e. The van der Waals surface area contributed by atoms with Crippen molar-refractivity contribution in [2.75, 3.05) is 30.7 Å². The lowest BCUT2D eigenvalue weighted by Crippen LogP contribution is -2.46. The number of carbonyl (C=O) groups is 2. The number of rotatable bonds is 5. The number of hydrogen-bond donors (Lipinski definition) is 1. The van der Waals surface area contributed by atoms with E-state index in [0.29, 0.717) is 29.3 Å². The van der Waals surface area contributed by atoms with E-state index in [9.17, 15) is 9.59 Å². The molecule has 2 aliphatic heterocycles. The van der Waals surface area contributed by atoms with Crippen LogP contribution in [-0.4, -0.2) is 47.6 Å². The molecule has 2 amide bonds. The number of thioether (sulfide) groups is 1. The minimum absolute atomic E-state index is 0.0975. The van der Waals surface area contributed by atoms with E-state index in [1.54, 1.807) is 24.1 Å². The number of benzene rings is 2. The Balaban J connectivity index is 1.40. The Morgan fingerprint density at radius 3 is 2.77 bits per heavy atom. The second-order valence-electron chi connectivity index (χ2n) is 7.51. The van der Waals surface area contributed by atoms with Crippen molar-refractivity contribution in [3.05, 3.63) is 52.5 Å². The molecular weight excluding hydrogens is 436 g/mol. The van der Waals surface area contributed by atoms with Crippen molar-refractivity contribution in [2.24, 2.45) is 4.99 Å². The Morgan fingerprint density at radius 2 is 2.06 bits per heavy atom. The summed E-state index contributed by atoms with van der Waals surface area (Å²) in [5, 5.41) is 3.56. The van der Waals surface area contributed by atoms with Crippen molar-refractivity contribution < 1.29 is 14.3 Å². The number of nitrogens with one attached hydrogen (secondary N) is 1. The van der Waals surface area contributed by atoms with Crippen molar-refractivity contribution in [3.8, 4) is 5.75 Å². The van der Waals surface area contributed by atoms with Crippen molar-refractivity contribution in [3.63, 3.8) is 0 Å². The van der Waals surface area contributed by atoms with E-state index in [1.165, 1.54) is 11.8 Å². The van der Waals surface area contributed by atoms with Crippen molar-refractivity contribution in [2.45, 2.75) is 25.5 Å². The van der Waals surface area contributed by atoms with Gasteiger partial charge in [0.15, 0.2) is 5.17 Å². The molecule has 2 aromatic rings. The smallest absolute Gasteiger partial charge is 0.244 e. The highest BCUT2D eigenvalue weighted by molar-refractivity contribution is 8.15. The number of ether oxygens (including phenoxy) is 1. The van der Waals surface area contributed by atoms with E-state index in [2.05, 4.69) is 10.3 Å². The molecule has 1 N–H and O–H groups in total. The van der Waals surface area contributed by atoms with Gasteiger partial charge in [-0.3, -0.25) is 14.5 Å². The molecule has 0 unspecified atom stereocenters. The summed E-state index contributed by atoms with van der Waals surface area (Å²) in [5.74, 6) is 0.297. The van der Waals surface area contributed by atoms with Crippen molar-refractivity contribution in [1.29, 1.82) is 0 Å². The number of fused-ring (bicyclic) bond motifs is 1. The monoisotopic (exact) mass is 458 g/mol. The predicted molar refractivity (Wildman–Crippen MR) is 125 cm³/mol. The van der Waals surface area contributed by atoms with Gasteiger partial charge in [-0.2, -0.15) is 0 Å². The van der Waals surface area contributed by atoms with Gasteiger partial charge in [0.05, 0.1) is 12.1 Å². The Bertz CT molecular complexity index is 1070. The molecule has 0 radical (unpaired) electrons. The maximum absolute atomic E-state index is 12.9. The number of carbonyl (C=O) groups excluding carboxylic acids is 2. The molecule has 1 fully saturated rings. The highest BCUT2D eigenvalue weighted by Crippen LogP contribution is 2.35. The number of halogens is 1. The quantitative estimate of drug-likeness (QED) is 0.732. The average molecular weight is 459 g/mol. The fraction of sp³-hybridized carbons (Fsp3) is 0.318. The van der Waals surface area contributed by atoms with Gasteiger partial charge < -0.3 is 15.0 Å². The molecule has 0 aliphatic carbocycles. The molecule has 0 spiro atoms. The number of methoxy groups -OCH3 is 1. The molecule has 9 heteroatoms. The molecule has 4 rings (SSSR count). The molecule has 162 valence electrons. The SMILES string of the molecule is COc1ccc(N2CN=C3S[C@H](CC(=O)Nc4ccc(C)c(C)c4)C(=O)N3C2)cc1Cl. The Labute approximate surface area is 190 Å². The average Bonchev–Trinajstić information content (AvgIpc) is 3.05. The molecule has 1 saturated heterocycles. The van der Waals surface area contributed by atoms with Crippen LogP contribution in [0.4, 0.5) is 11.4 Å². The van der Waals surface area contributed by atoms with Gasteiger partial charge in [0.2, 0.25) is 11.8 Å². The van der Waals surface area contributed by atoms with Crippen LogP contribution in [-0.2, 0) is 9.59 Å². The number of anilines is 2. The lowest BCUT2D eigenvalue weighted by Gasteiger charge is -2.32. The highest BCUT2D eigenvalue weighted by atomic mass is 35.5. The first-order valence-electron chi connectivity index (χ1n) is 9.84. The second kappa shape index (κ2) is 8.80. The third-order valence-corrected chi connectivity index (χ3v) is 6.88. The zero-order chi connectivity index (χ0) is 22.1. The third-order valence-electron chi connectivity index (χ3n) is 5.37. The molecule has 2 aliphatic rings. The van der Waals surface area contributed by atoms with Crippen molar-refractivity contribution in [1.82, 2.24) is 4.90 Å². The zero-order valence-corrected chi connectivity index (χ0v) is 19.1. The topological polar surface area (TPSA) is 74.2 Å². The maximum atomic E-state index is 12.9. The number of aliphatic imine (C=N–C) groups is 1. The summed E-state index contributed by atoms with van der Waals surface area (Å²) < 4.78 is 5.20. The molecule has 0 bridgehead atoms. The fourth-order valence-electron chi connectivity index (χ4n) is 3.47. The van der Waals surface area contributed by atoms with Crippen LogP contribution in [0.15, 0.2) is 41.4 Å². The fourth-order valence-corrected chi connectivity index (χ4v) is 4.84. The summed E-state index contributed by atoms with van der Waals surface area (Å²) in [6.07, 6.45) is 0.0975. The second-order valence-corrected chi connectivity index (χ2v) is 9.08. The molecule has 1 atom stereocenters. The number of amidine groups is 1. The van der Waals surface area contributed by atoms with Crippen LogP contribution in [0.5, 0.6) is 5.75 Å². The summed E-state index contributed by atoms with van der Waals surface area (Å²) in [7, 11) is 1.56. The number of nitrogens with zero attached hydrogens (tertiary/aromatic N) is 3. The lowest BCUT2D eigenvalue weighted by molar-refractivity contribution is -0.128. The van der Waals surface area contributed by atoms with Gasteiger partial charge >= 0.3 is 0 Å². The first-order valence-corrected chi connectivity index (χ1v) is 11.1. The van der Waals surface area contributed by atoms with Gasteiger partial charge in [0, 0.05) is 17.8 Å². The highest BCUT2D eigenvalue weighted by Gasteiger charge is 2.41. The van der Waals surface area contributed by atoms with Gasteiger partial charge in [-0.15, -0.1) is 0 Å². The van der Waals surface area contributed by atoms with E-state index in [-0.39, 0.29) is 18.2 Å². The van der Waals surface area contributed by atoms with E-state index in [4.69, 9.17) is 16.3 Å². The van der Waals surface area contributed by atoms with Crippen LogP contribution in [0.2, 0.25) is 5.02 Å². The Morgan fingerprint density at radius 1 is 1.26 bits per heavy atom. The zero-order valence-electron chi connectivity index (χ0n) is 17.5. The first kappa shape index (κ1) is 21.5. The van der Waals surface area contributed by atoms with Gasteiger partial charge in [-0.05, 0) is 55.3 Å². The van der Waals surface area contributed by atoms with Crippen molar-refractivity contribution >= 4 is 51.7 Å². The number of aryl methyl sites for hydroxylation is 2. The van der Waals surface area contributed by atoms with E-state index in [1.807, 2.05) is 43.0 Å². The summed E-state index contributed by atoms with van der Waals surface area (Å²) >= 11 is 7.58. The summed E-state index contributed by atoms with van der Waals surface area (Å²) in [6, 6.07) is 11.2. The van der Waals surface area contributed by atoms with Gasteiger partial charge in [-0.25, -0.2) is 4.99 Å². The summed E-state index contributed by atoms with van der Waals surface area (Å²) in [6.45, 7) is 4.80. The molecule has 0 aromatic heterocycles. The third kappa shape index (κ3) is 4.50. The summed E-state index contributed by atoms with van der Waals surface area (Å²) in [4.78, 5) is 33.6. The van der Waals surface area contributed by atoms with E-state index < -0.39 is 5.25 Å². The normalized spacial score (nSPS) is 18.0. The van der Waals surface area contributed by atoms with Gasteiger partial charge in [0.25, 0.3) is 0 Å². The molecular formula is C22H23ClN4O3S. The Kier molecular flexibility index (Phi) is 6.11. The van der Waals surface area contributed by atoms with Crippen LogP contribution in [0, 0.1) is 13.8 Å². The van der Waals surface area contributed by atoms with Gasteiger partial charge in [-0.1, -0.05) is 29.4 Å². The van der Waals surface area contributed by atoms with Crippen LogP contribution in [0.25, 0.3) is 0 Å². The Hall–Kier alpha value is -2.71. The first-order chi connectivity index (χ1) is 14.9. The standard InChI is InChI=1S/C22H23ClN4O3S/c1-13-4-5-15(8-14(13)2)25-20(28)10-19-21(29)27-12-26(11-24-22(27)31-19)16-6-7-18(30-3)17(23)9-16/h4-9,19H,10-12H2,1-3H3,(H,25,28)/t19-/m1/s1. The van der Waals surface area contributed by atoms with Crippen LogP contribution in [0.1, 0.15) is 17.5 Å². The van der Waals surface area contributed by atoms with Crippen LogP contribution in [0.3, 0.4) is 0 Å². The van der Waals surface area contributed by atoms with Crippen LogP contribution < -0.4 is 15.0 Å². The molecule has 2 aromatic carbocycles. The number of amides is 2. The minimum Gasteiger partial charge on any atom is -0.495 e. The molecule has 0 saturated carbocycles.